The summed E-state index contributed by atoms with van der Waals surface area (Å²) >= 11 is 0. The van der Waals surface area contributed by atoms with Gasteiger partial charge in [-0.25, -0.2) is 4.79 Å². The lowest BCUT2D eigenvalue weighted by molar-refractivity contribution is -0.716. The van der Waals surface area contributed by atoms with Crippen LogP contribution in [0.3, 0.4) is 0 Å². The number of rotatable bonds is 5. The van der Waals surface area contributed by atoms with E-state index in [2.05, 4.69) is 0 Å². The molecule has 0 bridgehead atoms. The van der Waals surface area contributed by atoms with Crippen LogP contribution in [0.4, 0.5) is 0 Å². The number of benzene rings is 1. The Morgan fingerprint density at radius 2 is 2.08 bits per heavy atom. The third-order valence-corrected chi connectivity index (χ3v) is 5.12. The van der Waals surface area contributed by atoms with Gasteiger partial charge < -0.3 is 14.9 Å². The smallest absolute Gasteiger partial charge is 0.373 e. The number of aliphatic hydroxyl groups is 1. The molecule has 5 heteroatoms. The van der Waals surface area contributed by atoms with Gasteiger partial charge >= 0.3 is 5.97 Å². The summed E-state index contributed by atoms with van der Waals surface area (Å²) in [6.07, 6.45) is 2.81. The van der Waals surface area contributed by atoms with Crippen molar-refractivity contribution < 1.29 is 24.3 Å². The van der Waals surface area contributed by atoms with Crippen LogP contribution in [0.25, 0.3) is 10.8 Å². The molecule has 1 aliphatic rings. The van der Waals surface area contributed by atoms with Gasteiger partial charge in [0, 0.05) is 25.8 Å². The number of carbonyl (C=O) groups is 1. The second-order valence-corrected chi connectivity index (χ2v) is 8.33. The molecule has 26 heavy (non-hydrogen) atoms. The molecule has 3 rings (SSSR count). The minimum absolute atomic E-state index is 0.274. The molecule has 0 spiro atoms. The van der Waals surface area contributed by atoms with Gasteiger partial charge in [0.15, 0.2) is 11.9 Å². The third-order valence-electron chi connectivity index (χ3n) is 5.12. The molecule has 2 atom stereocenters. The fourth-order valence-electron chi connectivity index (χ4n) is 3.65. The van der Waals surface area contributed by atoms with E-state index in [9.17, 15) is 15.0 Å². The van der Waals surface area contributed by atoms with Crippen molar-refractivity contribution in [2.45, 2.75) is 65.2 Å². The van der Waals surface area contributed by atoms with Crippen LogP contribution in [0.1, 0.15) is 51.4 Å². The van der Waals surface area contributed by atoms with E-state index in [0.717, 1.165) is 27.8 Å². The molecule has 0 amide bonds. The van der Waals surface area contributed by atoms with E-state index < -0.39 is 17.6 Å². The number of aromatic nitrogens is 1. The van der Waals surface area contributed by atoms with E-state index in [1.807, 2.05) is 49.7 Å². The summed E-state index contributed by atoms with van der Waals surface area (Å²) in [7, 11) is 0. The summed E-state index contributed by atoms with van der Waals surface area (Å²) in [6.45, 7) is 9.49. The summed E-state index contributed by atoms with van der Waals surface area (Å²) in [4.78, 5) is 11.9. The molecule has 0 radical (unpaired) electrons. The van der Waals surface area contributed by atoms with Crippen molar-refractivity contribution in [3.63, 3.8) is 0 Å². The van der Waals surface area contributed by atoms with Crippen LogP contribution in [0, 0.1) is 12.8 Å². The zero-order valence-corrected chi connectivity index (χ0v) is 16.1. The van der Waals surface area contributed by atoms with Crippen molar-refractivity contribution >= 4 is 16.7 Å². The van der Waals surface area contributed by atoms with Gasteiger partial charge in [-0.1, -0.05) is 26.0 Å². The Hall–Kier alpha value is -2.14. The molecule has 0 aliphatic carbocycles. The Kier molecular flexibility index (Phi) is 4.69. The van der Waals surface area contributed by atoms with Crippen LogP contribution in [0.5, 0.6) is 5.75 Å². The molecule has 0 fully saturated rings. The molecule has 0 saturated carbocycles. The number of nitrogens with zero attached hydrogens (tertiary/aromatic N) is 1. The molecule has 5 nitrogen and oxygen atoms in total. The lowest BCUT2D eigenvalue weighted by atomic mass is 9.96. The van der Waals surface area contributed by atoms with Gasteiger partial charge in [-0.05, 0) is 30.7 Å². The predicted octanol–water partition coefficient (Wildman–Crippen LogP) is 3.18. The van der Waals surface area contributed by atoms with Gasteiger partial charge in [0.2, 0.25) is 0 Å². The summed E-state index contributed by atoms with van der Waals surface area (Å²) in [5.41, 5.74) is 1.02. The van der Waals surface area contributed by atoms with Gasteiger partial charge in [-0.15, -0.1) is 0 Å². The van der Waals surface area contributed by atoms with Crippen LogP contribution >= 0.6 is 0 Å². The van der Waals surface area contributed by atoms with E-state index in [-0.39, 0.29) is 12.0 Å². The Morgan fingerprint density at radius 1 is 1.38 bits per heavy atom. The van der Waals surface area contributed by atoms with Crippen LogP contribution in [0.15, 0.2) is 24.4 Å². The molecule has 2 aromatic rings. The summed E-state index contributed by atoms with van der Waals surface area (Å²) < 4.78 is 7.93. The molecule has 2 N–H and O–H groups in total. The Labute approximate surface area is 154 Å². The fraction of sp³-hybridized carbons (Fsp3) is 0.524. The topological polar surface area (TPSA) is 70.6 Å². The molecule has 0 saturated heterocycles. The van der Waals surface area contributed by atoms with Crippen LogP contribution in [-0.4, -0.2) is 27.9 Å². The number of hydrogen-bond acceptors (Lipinski definition) is 3. The Balaban J connectivity index is 2.12. The summed E-state index contributed by atoms with van der Waals surface area (Å²) in [6, 6.07) is 5.48. The first-order valence-corrected chi connectivity index (χ1v) is 9.17. The SMILES string of the molecule is Cc1cc2ccc3c(c2c[n+]1[C@@H](CC(C)C)C(=O)O)OC(C(C)(C)O)C3. The van der Waals surface area contributed by atoms with Gasteiger partial charge in [-0.2, -0.15) is 4.57 Å². The molecule has 1 unspecified atom stereocenters. The van der Waals surface area contributed by atoms with Crippen molar-refractivity contribution in [2.24, 2.45) is 5.92 Å². The molecule has 140 valence electrons. The number of ether oxygens (including phenoxy) is 1. The van der Waals surface area contributed by atoms with Crippen molar-refractivity contribution in [3.8, 4) is 5.75 Å². The molecule has 1 aliphatic heterocycles. The van der Waals surface area contributed by atoms with Gasteiger partial charge in [0.25, 0.3) is 6.04 Å². The molecule has 1 aromatic carbocycles. The predicted molar refractivity (Wildman–Crippen MR) is 99.4 cm³/mol. The van der Waals surface area contributed by atoms with Crippen LogP contribution in [-0.2, 0) is 11.2 Å². The summed E-state index contributed by atoms with van der Waals surface area (Å²) in [5, 5.41) is 22.0. The first kappa shape index (κ1) is 18.6. The minimum atomic E-state index is -0.937. The first-order valence-electron chi connectivity index (χ1n) is 9.17. The quantitative estimate of drug-likeness (QED) is 0.806. The van der Waals surface area contributed by atoms with Crippen LogP contribution in [0.2, 0.25) is 0 Å². The highest BCUT2D eigenvalue weighted by atomic mass is 16.5. The molecular weight excluding hydrogens is 330 g/mol. The van der Waals surface area contributed by atoms with E-state index >= 15 is 0 Å². The number of hydrogen-bond donors (Lipinski definition) is 2. The minimum Gasteiger partial charge on any atom is -0.486 e. The van der Waals surface area contributed by atoms with Crippen molar-refractivity contribution in [1.29, 1.82) is 0 Å². The molecular formula is C21H28NO4+. The number of fused-ring (bicyclic) bond motifs is 3. The average Bonchev–Trinajstić information content (AvgIpc) is 2.96. The van der Waals surface area contributed by atoms with Crippen molar-refractivity contribution in [2.75, 3.05) is 0 Å². The lowest BCUT2D eigenvalue weighted by Crippen LogP contribution is -2.46. The highest BCUT2D eigenvalue weighted by Gasteiger charge is 2.37. The first-order chi connectivity index (χ1) is 12.1. The number of pyridine rings is 1. The fourth-order valence-corrected chi connectivity index (χ4v) is 3.65. The number of carboxylic acid groups (broad SMARTS) is 1. The van der Waals surface area contributed by atoms with Crippen molar-refractivity contribution in [1.82, 2.24) is 0 Å². The van der Waals surface area contributed by atoms with E-state index in [4.69, 9.17) is 4.74 Å². The lowest BCUT2D eigenvalue weighted by Gasteiger charge is -2.24. The van der Waals surface area contributed by atoms with Gasteiger partial charge in [0.1, 0.15) is 11.9 Å². The van der Waals surface area contributed by atoms with E-state index in [1.54, 1.807) is 13.8 Å². The van der Waals surface area contributed by atoms with Crippen LogP contribution < -0.4 is 9.30 Å². The second-order valence-electron chi connectivity index (χ2n) is 8.33. The number of aryl methyl sites for hydroxylation is 1. The Morgan fingerprint density at radius 3 is 2.65 bits per heavy atom. The maximum Gasteiger partial charge on any atom is 0.373 e. The zero-order chi connectivity index (χ0) is 19.2. The largest absolute Gasteiger partial charge is 0.486 e. The maximum atomic E-state index is 11.9. The van der Waals surface area contributed by atoms with E-state index in [0.29, 0.717) is 12.8 Å². The molecule has 1 aromatic heterocycles. The Bertz CT molecular complexity index is 851. The zero-order valence-electron chi connectivity index (χ0n) is 16.1. The molecule has 2 heterocycles. The normalized spacial score (nSPS) is 18.0. The van der Waals surface area contributed by atoms with E-state index in [1.165, 1.54) is 0 Å². The second kappa shape index (κ2) is 6.54. The highest BCUT2D eigenvalue weighted by molar-refractivity contribution is 5.89. The standard InChI is InChI=1S/C21H27NO4/c1-12(2)8-17(20(23)24)22-11-16-14(9-13(22)3)6-7-15-10-18(21(4,5)25)26-19(15)16/h6-7,9,11-12,17-18,25H,8,10H2,1-5H3/p+1/t17-,18?/m0/s1. The van der Waals surface area contributed by atoms with Gasteiger partial charge in [0.05, 0.1) is 11.0 Å². The van der Waals surface area contributed by atoms with Crippen molar-refractivity contribution in [3.05, 3.63) is 35.7 Å². The monoisotopic (exact) mass is 358 g/mol. The average molecular weight is 358 g/mol. The number of carboxylic acids is 1. The maximum absolute atomic E-state index is 11.9. The van der Waals surface area contributed by atoms with Gasteiger partial charge in [-0.3, -0.25) is 0 Å². The number of aliphatic carboxylic acids is 1. The summed E-state index contributed by atoms with van der Waals surface area (Å²) in [5.74, 6) is 0.210. The highest BCUT2D eigenvalue weighted by Crippen LogP contribution is 2.38. The third kappa shape index (κ3) is 3.40.